The second-order valence-corrected chi connectivity index (χ2v) is 5.31. The Morgan fingerprint density at radius 3 is 2.85 bits per heavy atom. The summed E-state index contributed by atoms with van der Waals surface area (Å²) in [5.74, 6) is 0.811. The zero-order valence-electron chi connectivity index (χ0n) is 11.3. The summed E-state index contributed by atoms with van der Waals surface area (Å²) in [5, 5.41) is 12.8. The molecule has 2 aromatic rings. The highest BCUT2D eigenvalue weighted by Crippen LogP contribution is 2.27. The first-order valence-electron chi connectivity index (χ1n) is 6.84. The van der Waals surface area contributed by atoms with E-state index < -0.39 is 0 Å². The first kappa shape index (κ1) is 13.2. The molecule has 104 valence electrons. The molecule has 0 saturated heterocycles. The highest BCUT2D eigenvalue weighted by atomic mass is 35.5. The molecule has 0 fully saturated rings. The van der Waals surface area contributed by atoms with Gasteiger partial charge in [0.2, 0.25) is 0 Å². The molecule has 5 nitrogen and oxygen atoms in total. The molecule has 0 unspecified atom stereocenters. The Hall–Kier alpha value is -1.75. The maximum absolute atomic E-state index is 12.2. The largest absolute Gasteiger partial charge is 0.294 e. The molecule has 0 radical (unpaired) electrons. The fraction of sp³-hybridized carbons (Fsp3) is 0.429. The molecule has 0 spiro atoms. The number of Topliss-reactive ketones (excluding diaryl/α,β-unsaturated/α-hetero) is 1. The van der Waals surface area contributed by atoms with Crippen molar-refractivity contribution in [2.45, 2.75) is 39.0 Å². The Bertz CT molecular complexity index is 648. The maximum Gasteiger partial charge on any atom is 0.176 e. The molecule has 20 heavy (non-hydrogen) atoms. The normalized spacial score (nSPS) is 14.4. The minimum Gasteiger partial charge on any atom is -0.294 e. The summed E-state index contributed by atoms with van der Waals surface area (Å²) in [7, 11) is 0. The fourth-order valence-corrected chi connectivity index (χ4v) is 2.72. The van der Waals surface area contributed by atoms with Gasteiger partial charge >= 0.3 is 0 Å². The first-order chi connectivity index (χ1) is 9.70. The summed E-state index contributed by atoms with van der Waals surface area (Å²) in [6.45, 7) is 2.08. The number of rotatable bonds is 3. The van der Waals surface area contributed by atoms with Crippen LogP contribution < -0.4 is 0 Å². The van der Waals surface area contributed by atoms with Crippen molar-refractivity contribution in [3.63, 3.8) is 0 Å². The number of ketones is 1. The van der Waals surface area contributed by atoms with E-state index in [-0.39, 0.29) is 5.78 Å². The lowest BCUT2D eigenvalue weighted by Gasteiger charge is -2.12. The SMILES string of the molecule is CCCc1nn(-c2ccc(Cl)nn2)c2c1C(=O)CCC2. The smallest absolute Gasteiger partial charge is 0.176 e. The summed E-state index contributed by atoms with van der Waals surface area (Å²) in [6, 6.07) is 3.46. The monoisotopic (exact) mass is 290 g/mol. The number of halogens is 1. The maximum atomic E-state index is 12.2. The van der Waals surface area contributed by atoms with Crippen LogP contribution in [0.4, 0.5) is 0 Å². The lowest BCUT2D eigenvalue weighted by molar-refractivity contribution is 0.0971. The zero-order chi connectivity index (χ0) is 14.1. The van der Waals surface area contributed by atoms with Crippen molar-refractivity contribution in [2.24, 2.45) is 0 Å². The molecule has 0 amide bonds. The van der Waals surface area contributed by atoms with Crippen LogP contribution in [0.15, 0.2) is 12.1 Å². The van der Waals surface area contributed by atoms with E-state index in [0.717, 1.165) is 42.6 Å². The third-order valence-electron chi connectivity index (χ3n) is 3.47. The highest BCUT2D eigenvalue weighted by Gasteiger charge is 2.27. The number of aryl methyl sites for hydroxylation is 1. The van der Waals surface area contributed by atoms with E-state index in [1.165, 1.54) is 0 Å². The Kier molecular flexibility index (Phi) is 3.53. The van der Waals surface area contributed by atoms with Crippen molar-refractivity contribution < 1.29 is 4.79 Å². The molecule has 2 heterocycles. The zero-order valence-corrected chi connectivity index (χ0v) is 12.0. The average Bonchev–Trinajstić information content (AvgIpc) is 2.80. The van der Waals surface area contributed by atoms with Crippen LogP contribution in [0.25, 0.3) is 5.82 Å². The summed E-state index contributed by atoms with van der Waals surface area (Å²) in [6.07, 6.45) is 4.10. The minimum atomic E-state index is 0.197. The van der Waals surface area contributed by atoms with Crippen molar-refractivity contribution in [1.29, 1.82) is 0 Å². The molecule has 0 bridgehead atoms. The molecular weight excluding hydrogens is 276 g/mol. The summed E-state index contributed by atoms with van der Waals surface area (Å²) in [5.41, 5.74) is 2.64. The Morgan fingerprint density at radius 2 is 2.15 bits per heavy atom. The molecular formula is C14H15ClN4O. The van der Waals surface area contributed by atoms with Crippen LogP contribution in [0.5, 0.6) is 0 Å². The number of hydrogen-bond donors (Lipinski definition) is 0. The molecule has 0 atom stereocenters. The fourth-order valence-electron chi connectivity index (χ4n) is 2.62. The van der Waals surface area contributed by atoms with Crippen molar-refractivity contribution in [2.75, 3.05) is 0 Å². The van der Waals surface area contributed by atoms with Gasteiger partial charge in [0.1, 0.15) is 0 Å². The van der Waals surface area contributed by atoms with Crippen molar-refractivity contribution in [3.05, 3.63) is 34.2 Å². The van der Waals surface area contributed by atoms with Gasteiger partial charge in [-0.2, -0.15) is 5.10 Å². The molecule has 1 aliphatic carbocycles. The molecule has 0 saturated carbocycles. The minimum absolute atomic E-state index is 0.197. The van der Waals surface area contributed by atoms with Crippen LogP contribution in [-0.4, -0.2) is 25.8 Å². The highest BCUT2D eigenvalue weighted by molar-refractivity contribution is 6.29. The van der Waals surface area contributed by atoms with Crippen LogP contribution in [0.2, 0.25) is 5.15 Å². The third kappa shape index (κ3) is 2.22. The second kappa shape index (κ2) is 5.32. The predicted octanol–water partition coefficient (Wildman–Crippen LogP) is 2.79. The van der Waals surface area contributed by atoms with Crippen LogP contribution in [0, 0.1) is 0 Å². The Labute approximate surface area is 122 Å². The van der Waals surface area contributed by atoms with Gasteiger partial charge in [0.25, 0.3) is 0 Å². The first-order valence-corrected chi connectivity index (χ1v) is 7.22. The molecule has 3 rings (SSSR count). The van der Waals surface area contributed by atoms with Gasteiger partial charge in [0, 0.05) is 6.42 Å². The van der Waals surface area contributed by atoms with Gasteiger partial charge in [-0.25, -0.2) is 4.68 Å². The van der Waals surface area contributed by atoms with E-state index in [9.17, 15) is 4.79 Å². The molecule has 1 aliphatic rings. The number of hydrogen-bond acceptors (Lipinski definition) is 4. The van der Waals surface area contributed by atoms with Gasteiger partial charge in [-0.1, -0.05) is 24.9 Å². The standard InChI is InChI=1S/C14H15ClN4O/c1-2-4-9-14-10(5-3-6-11(14)20)19(18-9)13-8-7-12(15)16-17-13/h7-8H,2-6H2,1H3. The van der Waals surface area contributed by atoms with E-state index >= 15 is 0 Å². The third-order valence-corrected chi connectivity index (χ3v) is 3.67. The topological polar surface area (TPSA) is 60.7 Å². The lowest BCUT2D eigenvalue weighted by Crippen LogP contribution is -2.14. The Balaban J connectivity index is 2.14. The van der Waals surface area contributed by atoms with Gasteiger partial charge in [-0.15, -0.1) is 10.2 Å². The second-order valence-electron chi connectivity index (χ2n) is 4.92. The number of fused-ring (bicyclic) bond motifs is 1. The summed E-state index contributed by atoms with van der Waals surface area (Å²) < 4.78 is 1.75. The lowest BCUT2D eigenvalue weighted by atomic mass is 9.93. The Morgan fingerprint density at radius 1 is 1.30 bits per heavy atom. The van der Waals surface area contributed by atoms with Crippen molar-refractivity contribution >= 4 is 17.4 Å². The molecule has 2 aromatic heterocycles. The van der Waals surface area contributed by atoms with Gasteiger partial charge in [-0.3, -0.25) is 4.79 Å². The van der Waals surface area contributed by atoms with E-state index in [1.54, 1.807) is 16.8 Å². The van der Waals surface area contributed by atoms with Crippen molar-refractivity contribution in [1.82, 2.24) is 20.0 Å². The summed E-state index contributed by atoms with van der Waals surface area (Å²) in [4.78, 5) is 12.2. The molecule has 0 aliphatic heterocycles. The van der Waals surface area contributed by atoms with Gasteiger partial charge in [-0.05, 0) is 31.4 Å². The van der Waals surface area contributed by atoms with Crippen LogP contribution in [-0.2, 0) is 12.8 Å². The van der Waals surface area contributed by atoms with Crippen LogP contribution in [0.1, 0.15) is 47.9 Å². The average molecular weight is 291 g/mol. The van der Waals surface area contributed by atoms with Crippen LogP contribution in [0.3, 0.4) is 0 Å². The number of carbonyl (C=O) groups excluding carboxylic acids is 1. The van der Waals surface area contributed by atoms with E-state index in [4.69, 9.17) is 11.6 Å². The predicted molar refractivity (Wildman–Crippen MR) is 75.4 cm³/mol. The summed E-state index contributed by atoms with van der Waals surface area (Å²) >= 11 is 5.76. The number of nitrogens with zero attached hydrogens (tertiary/aromatic N) is 4. The van der Waals surface area contributed by atoms with Crippen molar-refractivity contribution in [3.8, 4) is 5.82 Å². The number of carbonyl (C=O) groups is 1. The molecule has 0 N–H and O–H groups in total. The van der Waals surface area contributed by atoms with E-state index in [1.807, 2.05) is 0 Å². The van der Waals surface area contributed by atoms with E-state index in [0.29, 0.717) is 17.4 Å². The molecule has 6 heteroatoms. The molecule has 0 aromatic carbocycles. The van der Waals surface area contributed by atoms with Gasteiger partial charge in [0.05, 0.1) is 17.0 Å². The van der Waals surface area contributed by atoms with E-state index in [2.05, 4.69) is 22.2 Å². The quantitative estimate of drug-likeness (QED) is 0.872. The number of aromatic nitrogens is 4. The van der Waals surface area contributed by atoms with Crippen LogP contribution >= 0.6 is 11.6 Å². The van der Waals surface area contributed by atoms with Gasteiger partial charge < -0.3 is 0 Å². The van der Waals surface area contributed by atoms with Gasteiger partial charge in [0.15, 0.2) is 16.8 Å².